The molecule has 1 amide bonds. The summed E-state index contributed by atoms with van der Waals surface area (Å²) < 4.78 is 7.29. The molecule has 0 saturated heterocycles. The molecule has 1 atom stereocenters. The van der Waals surface area contributed by atoms with Gasteiger partial charge in [-0.3, -0.25) is 4.79 Å². The molecule has 1 fully saturated rings. The summed E-state index contributed by atoms with van der Waals surface area (Å²) in [5, 5.41) is 8.49. The molecule has 0 aromatic carbocycles. The van der Waals surface area contributed by atoms with Crippen LogP contribution in [-0.2, 0) is 18.4 Å². The van der Waals surface area contributed by atoms with Crippen LogP contribution in [0.5, 0.6) is 0 Å². The van der Waals surface area contributed by atoms with E-state index in [1.807, 2.05) is 35.6 Å². The summed E-state index contributed by atoms with van der Waals surface area (Å²) in [6.45, 7) is 2.48. The van der Waals surface area contributed by atoms with Gasteiger partial charge in [-0.1, -0.05) is 24.6 Å². The highest BCUT2D eigenvalue weighted by molar-refractivity contribution is 8.00. The molecule has 2 aromatic heterocycles. The molecule has 1 unspecified atom stereocenters. The smallest absolute Gasteiger partial charge is 0.236 e. The quantitative estimate of drug-likeness (QED) is 0.760. The van der Waals surface area contributed by atoms with Crippen LogP contribution in [0.1, 0.15) is 38.4 Å². The maximum atomic E-state index is 13.0. The predicted octanol–water partition coefficient (Wildman–Crippen LogP) is 2.86. The molecule has 124 valence electrons. The van der Waals surface area contributed by atoms with Crippen LogP contribution in [0.15, 0.2) is 34.3 Å². The Kier molecular flexibility index (Phi) is 5.05. The van der Waals surface area contributed by atoms with Crippen LogP contribution in [0, 0.1) is 0 Å². The number of furan rings is 1. The Morgan fingerprint density at radius 2 is 2.30 bits per heavy atom. The monoisotopic (exact) mass is 334 g/mol. The Morgan fingerprint density at radius 3 is 2.91 bits per heavy atom. The Morgan fingerprint density at radius 1 is 1.52 bits per heavy atom. The van der Waals surface area contributed by atoms with E-state index in [-0.39, 0.29) is 11.2 Å². The maximum Gasteiger partial charge on any atom is 0.236 e. The van der Waals surface area contributed by atoms with E-state index >= 15 is 0 Å². The number of nitrogens with zero attached hydrogens (tertiary/aromatic N) is 4. The molecular weight excluding hydrogens is 312 g/mol. The van der Waals surface area contributed by atoms with E-state index in [1.165, 1.54) is 24.6 Å². The van der Waals surface area contributed by atoms with E-state index in [2.05, 4.69) is 10.2 Å². The molecule has 0 N–H and O–H groups in total. The van der Waals surface area contributed by atoms with E-state index < -0.39 is 0 Å². The third kappa shape index (κ3) is 3.77. The number of thioether (sulfide) groups is 1. The van der Waals surface area contributed by atoms with Crippen molar-refractivity contribution in [1.82, 2.24) is 19.7 Å². The van der Waals surface area contributed by atoms with Gasteiger partial charge >= 0.3 is 0 Å². The molecule has 0 radical (unpaired) electrons. The number of amides is 1. The molecule has 6 nitrogen and oxygen atoms in total. The molecule has 7 heteroatoms. The molecule has 2 aromatic rings. The maximum absolute atomic E-state index is 13.0. The number of rotatable bonds is 6. The third-order valence-electron chi connectivity index (χ3n) is 4.25. The fraction of sp³-hybridized carbons (Fsp3) is 0.562. The van der Waals surface area contributed by atoms with Crippen molar-refractivity contribution in [2.75, 3.05) is 0 Å². The van der Waals surface area contributed by atoms with Crippen molar-refractivity contribution in [3.8, 4) is 0 Å². The Balaban J connectivity index is 1.72. The zero-order chi connectivity index (χ0) is 16.2. The molecule has 0 spiro atoms. The largest absolute Gasteiger partial charge is 0.467 e. The third-order valence-corrected chi connectivity index (χ3v) is 5.39. The first-order valence-corrected chi connectivity index (χ1v) is 8.86. The zero-order valence-corrected chi connectivity index (χ0v) is 14.3. The van der Waals surface area contributed by atoms with E-state index in [0.29, 0.717) is 12.6 Å². The van der Waals surface area contributed by atoms with Crippen LogP contribution >= 0.6 is 11.8 Å². The topological polar surface area (TPSA) is 64.2 Å². The van der Waals surface area contributed by atoms with E-state index in [0.717, 1.165) is 23.8 Å². The fourth-order valence-electron chi connectivity index (χ4n) is 2.99. The van der Waals surface area contributed by atoms with Gasteiger partial charge in [-0.2, -0.15) is 0 Å². The van der Waals surface area contributed by atoms with Crippen LogP contribution in [0.2, 0.25) is 0 Å². The first-order valence-electron chi connectivity index (χ1n) is 7.98. The molecule has 2 heterocycles. The summed E-state index contributed by atoms with van der Waals surface area (Å²) in [6, 6.07) is 4.11. The average Bonchev–Trinajstić information content (AvgIpc) is 3.27. The summed E-state index contributed by atoms with van der Waals surface area (Å²) in [7, 11) is 1.89. The zero-order valence-electron chi connectivity index (χ0n) is 13.5. The van der Waals surface area contributed by atoms with Crippen molar-refractivity contribution in [3.05, 3.63) is 30.5 Å². The predicted molar refractivity (Wildman–Crippen MR) is 87.8 cm³/mol. The Hall–Kier alpha value is -1.76. The molecular formula is C16H22N4O2S. The summed E-state index contributed by atoms with van der Waals surface area (Å²) in [4.78, 5) is 15.0. The molecule has 3 rings (SSSR count). The van der Waals surface area contributed by atoms with E-state index in [9.17, 15) is 4.79 Å². The van der Waals surface area contributed by atoms with Gasteiger partial charge in [0.2, 0.25) is 5.91 Å². The molecule has 1 aliphatic carbocycles. The molecule has 1 aliphatic rings. The minimum absolute atomic E-state index is 0.140. The van der Waals surface area contributed by atoms with Crippen molar-refractivity contribution in [3.63, 3.8) is 0 Å². The minimum Gasteiger partial charge on any atom is -0.467 e. The molecule has 0 aliphatic heterocycles. The second-order valence-corrected chi connectivity index (χ2v) is 7.28. The standard InChI is InChI=1S/C16H22N4O2S/c1-12(23-16-18-17-11-19(16)2)15(21)20(13-6-3-4-7-13)10-14-8-5-9-22-14/h5,8-9,11-13H,3-4,6-7,10H2,1-2H3. The lowest BCUT2D eigenvalue weighted by molar-refractivity contribution is -0.133. The Labute approximate surface area is 140 Å². The molecule has 1 saturated carbocycles. The van der Waals surface area contributed by atoms with Crippen molar-refractivity contribution in [2.24, 2.45) is 7.05 Å². The van der Waals surface area contributed by atoms with Gasteiger partial charge in [-0.25, -0.2) is 0 Å². The second kappa shape index (κ2) is 7.21. The van der Waals surface area contributed by atoms with E-state index in [4.69, 9.17) is 4.42 Å². The van der Waals surface area contributed by atoms with Gasteiger partial charge in [0, 0.05) is 13.1 Å². The van der Waals surface area contributed by atoms with Gasteiger partial charge in [-0.15, -0.1) is 10.2 Å². The first-order chi connectivity index (χ1) is 11.1. The van der Waals surface area contributed by atoms with Gasteiger partial charge in [0.15, 0.2) is 5.16 Å². The number of carbonyl (C=O) groups is 1. The lowest BCUT2D eigenvalue weighted by Crippen LogP contribution is -2.42. The Bertz CT molecular complexity index is 634. The summed E-state index contributed by atoms with van der Waals surface area (Å²) in [6.07, 6.45) is 7.85. The number of aryl methyl sites for hydroxylation is 1. The lowest BCUT2D eigenvalue weighted by Gasteiger charge is -2.30. The van der Waals surface area contributed by atoms with Crippen LogP contribution in [0.25, 0.3) is 0 Å². The second-order valence-electron chi connectivity index (χ2n) is 5.97. The van der Waals surface area contributed by atoms with Crippen LogP contribution < -0.4 is 0 Å². The first kappa shape index (κ1) is 16.1. The van der Waals surface area contributed by atoms with Crippen LogP contribution in [-0.4, -0.2) is 36.9 Å². The summed E-state index contributed by atoms with van der Waals surface area (Å²) >= 11 is 1.45. The van der Waals surface area contributed by atoms with Gasteiger partial charge in [0.1, 0.15) is 12.1 Å². The van der Waals surface area contributed by atoms with Gasteiger partial charge in [-0.05, 0) is 31.9 Å². The normalized spacial score (nSPS) is 16.6. The lowest BCUT2D eigenvalue weighted by atomic mass is 10.2. The van der Waals surface area contributed by atoms with Crippen molar-refractivity contribution in [2.45, 2.75) is 55.6 Å². The summed E-state index contributed by atoms with van der Waals surface area (Å²) in [5.41, 5.74) is 0. The van der Waals surface area contributed by atoms with E-state index in [1.54, 1.807) is 12.6 Å². The highest BCUT2D eigenvalue weighted by atomic mass is 32.2. The highest BCUT2D eigenvalue weighted by Crippen LogP contribution is 2.29. The minimum atomic E-state index is -0.200. The number of hydrogen-bond acceptors (Lipinski definition) is 5. The molecule has 0 bridgehead atoms. The number of carbonyl (C=O) groups excluding carboxylic acids is 1. The highest BCUT2D eigenvalue weighted by Gasteiger charge is 2.31. The van der Waals surface area contributed by atoms with Crippen molar-refractivity contribution >= 4 is 17.7 Å². The number of hydrogen-bond donors (Lipinski definition) is 0. The summed E-state index contributed by atoms with van der Waals surface area (Å²) in [5.74, 6) is 0.974. The van der Waals surface area contributed by atoms with Gasteiger partial charge < -0.3 is 13.9 Å². The van der Waals surface area contributed by atoms with Crippen molar-refractivity contribution < 1.29 is 9.21 Å². The SMILES string of the molecule is CC(Sc1nncn1C)C(=O)N(Cc1ccco1)C1CCCC1. The molecule has 23 heavy (non-hydrogen) atoms. The van der Waals surface area contributed by atoms with Crippen LogP contribution in [0.4, 0.5) is 0 Å². The van der Waals surface area contributed by atoms with Gasteiger partial charge in [0.25, 0.3) is 0 Å². The number of aromatic nitrogens is 3. The van der Waals surface area contributed by atoms with Crippen LogP contribution in [0.3, 0.4) is 0 Å². The van der Waals surface area contributed by atoms with Crippen molar-refractivity contribution in [1.29, 1.82) is 0 Å². The fourth-order valence-corrected chi connectivity index (χ4v) is 3.85. The van der Waals surface area contributed by atoms with Gasteiger partial charge in [0.05, 0.1) is 18.1 Å². The average molecular weight is 334 g/mol.